The number of ether oxygens (including phenoxy) is 1. The van der Waals surface area contributed by atoms with Crippen LogP contribution in [0.3, 0.4) is 0 Å². The minimum atomic E-state index is -3.58. The zero-order valence-corrected chi connectivity index (χ0v) is 18.7. The summed E-state index contributed by atoms with van der Waals surface area (Å²) >= 11 is 0. The maximum Gasteiger partial charge on any atom is 0.324 e. The highest BCUT2D eigenvalue weighted by molar-refractivity contribution is 7.90. The third kappa shape index (κ3) is 5.48. The molecular weight excluding hydrogens is 411 g/mol. The maximum absolute atomic E-state index is 14.0. The number of aromatic nitrogens is 2. The largest absolute Gasteiger partial charge is 0.493 e. The van der Waals surface area contributed by atoms with Crippen LogP contribution >= 0.6 is 0 Å². The van der Waals surface area contributed by atoms with Crippen LogP contribution in [0.15, 0.2) is 27.6 Å². The van der Waals surface area contributed by atoms with Crippen molar-refractivity contribution in [2.75, 3.05) is 43.9 Å². The Bertz CT molecular complexity index is 955. The summed E-state index contributed by atoms with van der Waals surface area (Å²) < 4.78 is 47.9. The van der Waals surface area contributed by atoms with E-state index in [0.717, 1.165) is 50.7 Å². The maximum atomic E-state index is 14.0. The van der Waals surface area contributed by atoms with Gasteiger partial charge >= 0.3 is 6.01 Å². The molecule has 1 fully saturated rings. The van der Waals surface area contributed by atoms with E-state index in [9.17, 15) is 12.8 Å². The van der Waals surface area contributed by atoms with E-state index >= 15 is 0 Å². The standard InChI is InChI=1S/C20H29FN4O4S/c1-14(2)19-22-20(29-23-19)25-10-8-24(9-11-25)15(3)7-12-28-16-5-6-18(17(21)13-16)30(4,26)27/h5-6,13-15H,7-12H2,1-4H3/t15-/m1/s1. The van der Waals surface area contributed by atoms with Crippen molar-refractivity contribution >= 4 is 15.9 Å². The first-order valence-corrected chi connectivity index (χ1v) is 12.0. The van der Waals surface area contributed by atoms with Gasteiger partial charge in [-0.05, 0) is 25.5 Å². The molecule has 1 aromatic heterocycles. The number of nitrogens with zero attached hydrogens (tertiary/aromatic N) is 4. The fourth-order valence-electron chi connectivity index (χ4n) is 3.35. The predicted molar refractivity (Wildman–Crippen MR) is 111 cm³/mol. The van der Waals surface area contributed by atoms with Gasteiger partial charge in [-0.15, -0.1) is 0 Å². The molecule has 1 aliphatic heterocycles. The molecular formula is C20H29FN4O4S. The number of rotatable bonds is 8. The third-order valence-corrected chi connectivity index (χ3v) is 6.39. The molecule has 1 aromatic carbocycles. The molecule has 10 heteroatoms. The minimum absolute atomic E-state index is 0.236. The average molecular weight is 441 g/mol. The van der Waals surface area contributed by atoms with Crippen LogP contribution < -0.4 is 9.64 Å². The van der Waals surface area contributed by atoms with Crippen LogP contribution in [0.1, 0.15) is 38.9 Å². The van der Waals surface area contributed by atoms with Gasteiger partial charge in [0.2, 0.25) is 0 Å². The van der Waals surface area contributed by atoms with Crippen LogP contribution in [0.2, 0.25) is 0 Å². The van der Waals surface area contributed by atoms with Gasteiger partial charge in [-0.2, -0.15) is 4.98 Å². The van der Waals surface area contributed by atoms with Gasteiger partial charge in [-0.3, -0.25) is 4.90 Å². The number of benzene rings is 1. The van der Waals surface area contributed by atoms with Gasteiger partial charge < -0.3 is 14.2 Å². The lowest BCUT2D eigenvalue weighted by molar-refractivity contribution is 0.163. The fraction of sp³-hybridized carbons (Fsp3) is 0.600. The Kier molecular flexibility index (Phi) is 6.97. The molecule has 2 heterocycles. The van der Waals surface area contributed by atoms with E-state index < -0.39 is 15.7 Å². The van der Waals surface area contributed by atoms with Crippen LogP contribution in [-0.2, 0) is 9.84 Å². The van der Waals surface area contributed by atoms with Gasteiger partial charge in [0.25, 0.3) is 0 Å². The van der Waals surface area contributed by atoms with Crippen LogP contribution in [-0.4, -0.2) is 68.5 Å². The molecule has 1 aliphatic rings. The van der Waals surface area contributed by atoms with Gasteiger partial charge in [0.05, 0.1) is 6.61 Å². The quantitative estimate of drug-likeness (QED) is 0.619. The van der Waals surface area contributed by atoms with E-state index in [1.54, 1.807) is 0 Å². The summed E-state index contributed by atoms with van der Waals surface area (Å²) in [5.41, 5.74) is 0. The van der Waals surface area contributed by atoms with Crippen molar-refractivity contribution in [1.82, 2.24) is 15.0 Å². The van der Waals surface area contributed by atoms with Gasteiger partial charge in [-0.25, -0.2) is 12.8 Å². The van der Waals surface area contributed by atoms with Crippen LogP contribution in [0, 0.1) is 5.82 Å². The van der Waals surface area contributed by atoms with Gasteiger partial charge in [0.1, 0.15) is 16.5 Å². The molecule has 8 nitrogen and oxygen atoms in total. The zero-order valence-electron chi connectivity index (χ0n) is 17.8. The number of sulfone groups is 1. The van der Waals surface area contributed by atoms with Crippen molar-refractivity contribution in [1.29, 1.82) is 0 Å². The Labute approximate surface area is 176 Å². The monoisotopic (exact) mass is 440 g/mol. The first kappa shape index (κ1) is 22.5. The van der Waals surface area contributed by atoms with Crippen molar-refractivity contribution in [3.05, 3.63) is 29.8 Å². The first-order chi connectivity index (χ1) is 14.1. The lowest BCUT2D eigenvalue weighted by atomic mass is 10.2. The van der Waals surface area contributed by atoms with E-state index in [1.165, 1.54) is 12.1 Å². The smallest absolute Gasteiger partial charge is 0.324 e. The summed E-state index contributed by atoms with van der Waals surface area (Å²) in [5.74, 6) is 0.494. The molecule has 1 atom stereocenters. The van der Waals surface area contributed by atoms with Crippen molar-refractivity contribution in [2.24, 2.45) is 0 Å². The molecule has 0 aliphatic carbocycles. The van der Waals surface area contributed by atoms with E-state index in [2.05, 4.69) is 26.9 Å². The highest BCUT2D eigenvalue weighted by Gasteiger charge is 2.24. The number of anilines is 1. The predicted octanol–water partition coefficient (Wildman–Crippen LogP) is 2.72. The summed E-state index contributed by atoms with van der Waals surface area (Å²) in [6.45, 7) is 9.98. The van der Waals surface area contributed by atoms with E-state index in [4.69, 9.17) is 9.26 Å². The molecule has 0 N–H and O–H groups in total. The van der Waals surface area contributed by atoms with Crippen LogP contribution in [0.4, 0.5) is 10.4 Å². The van der Waals surface area contributed by atoms with Gasteiger partial charge in [0.15, 0.2) is 15.7 Å². The Hall–Kier alpha value is -2.20. The molecule has 0 radical (unpaired) electrons. The SMILES string of the molecule is CC(C)c1noc(N2CCN([C@H](C)CCOc3ccc(S(C)(=O)=O)c(F)c3)CC2)n1. The highest BCUT2D eigenvalue weighted by Crippen LogP contribution is 2.22. The molecule has 1 saturated heterocycles. The number of hydrogen-bond acceptors (Lipinski definition) is 8. The van der Waals surface area contributed by atoms with Crippen LogP contribution in [0.5, 0.6) is 5.75 Å². The second kappa shape index (κ2) is 9.30. The molecule has 0 amide bonds. The van der Waals surface area contributed by atoms with E-state index in [-0.39, 0.29) is 10.8 Å². The van der Waals surface area contributed by atoms with Gasteiger partial charge in [0, 0.05) is 50.5 Å². The molecule has 0 bridgehead atoms. The van der Waals surface area contributed by atoms with E-state index in [1.807, 2.05) is 13.8 Å². The topological polar surface area (TPSA) is 88.8 Å². The Morgan fingerprint density at radius 2 is 1.90 bits per heavy atom. The van der Waals surface area contributed by atoms with Crippen molar-refractivity contribution in [3.63, 3.8) is 0 Å². The molecule has 3 rings (SSSR count). The Morgan fingerprint density at radius 3 is 2.47 bits per heavy atom. The average Bonchev–Trinajstić information content (AvgIpc) is 3.18. The molecule has 166 valence electrons. The lowest BCUT2D eigenvalue weighted by Crippen LogP contribution is -2.50. The third-order valence-electron chi connectivity index (χ3n) is 5.26. The summed E-state index contributed by atoms with van der Waals surface area (Å²) in [4.78, 5) is 8.61. The second-order valence-electron chi connectivity index (χ2n) is 7.96. The normalized spacial score (nSPS) is 16.8. The second-order valence-corrected chi connectivity index (χ2v) is 9.95. The zero-order chi connectivity index (χ0) is 21.9. The van der Waals surface area contributed by atoms with Crippen LogP contribution in [0.25, 0.3) is 0 Å². The number of piperazine rings is 1. The molecule has 0 spiro atoms. The van der Waals surface area contributed by atoms with Crippen molar-refractivity contribution in [2.45, 2.75) is 44.0 Å². The lowest BCUT2D eigenvalue weighted by Gasteiger charge is -2.37. The Morgan fingerprint density at radius 1 is 1.20 bits per heavy atom. The molecule has 0 unspecified atom stereocenters. The van der Waals surface area contributed by atoms with Gasteiger partial charge in [-0.1, -0.05) is 19.0 Å². The highest BCUT2D eigenvalue weighted by atomic mass is 32.2. The van der Waals surface area contributed by atoms with Crippen molar-refractivity contribution in [3.8, 4) is 5.75 Å². The summed E-state index contributed by atoms with van der Waals surface area (Å²) in [6.07, 6.45) is 1.75. The number of halogens is 1. The first-order valence-electron chi connectivity index (χ1n) is 10.1. The minimum Gasteiger partial charge on any atom is -0.493 e. The molecule has 30 heavy (non-hydrogen) atoms. The molecule has 0 saturated carbocycles. The molecule has 2 aromatic rings. The van der Waals surface area contributed by atoms with E-state index in [0.29, 0.717) is 24.4 Å². The summed E-state index contributed by atoms with van der Waals surface area (Å²) in [5, 5.41) is 4.02. The number of hydrogen-bond donors (Lipinski definition) is 0. The fourth-order valence-corrected chi connectivity index (χ4v) is 4.07. The summed E-state index contributed by atoms with van der Waals surface area (Å²) in [6, 6.07) is 4.72. The van der Waals surface area contributed by atoms with Crippen molar-refractivity contribution < 1.29 is 22.1 Å². The summed E-state index contributed by atoms with van der Waals surface area (Å²) in [7, 11) is -3.58. The Balaban J connectivity index is 1.45.